The average Bonchev–Trinajstić information content (AvgIpc) is 3.01. The van der Waals surface area contributed by atoms with Gasteiger partial charge in [-0.15, -0.1) is 0 Å². The summed E-state index contributed by atoms with van der Waals surface area (Å²) in [6.45, 7) is 7.04. The van der Waals surface area contributed by atoms with Crippen LogP contribution < -0.4 is 9.47 Å². The molecule has 0 radical (unpaired) electrons. The summed E-state index contributed by atoms with van der Waals surface area (Å²) in [6, 6.07) is 15.5. The molecular formula is C26H35ClN2O4. The highest BCUT2D eigenvalue weighted by Gasteiger charge is 2.33. The first kappa shape index (κ1) is 24.3. The lowest BCUT2D eigenvalue weighted by Crippen LogP contribution is -2.48. The van der Waals surface area contributed by atoms with Gasteiger partial charge in [0.2, 0.25) is 0 Å². The molecule has 7 heteroatoms. The minimum absolute atomic E-state index is 0.146. The zero-order valence-electron chi connectivity index (χ0n) is 19.3. The van der Waals surface area contributed by atoms with Gasteiger partial charge in [0.25, 0.3) is 0 Å². The fourth-order valence-corrected chi connectivity index (χ4v) is 4.60. The average molecular weight is 475 g/mol. The van der Waals surface area contributed by atoms with Gasteiger partial charge in [-0.1, -0.05) is 36.2 Å². The zero-order chi connectivity index (χ0) is 22.9. The van der Waals surface area contributed by atoms with Crippen LogP contribution in [0.15, 0.2) is 48.5 Å². The summed E-state index contributed by atoms with van der Waals surface area (Å²) in [5.74, 6) is 1.55. The number of benzene rings is 2. The summed E-state index contributed by atoms with van der Waals surface area (Å²) < 4.78 is 17.4. The Labute approximate surface area is 202 Å². The van der Waals surface area contributed by atoms with E-state index in [1.165, 1.54) is 37.9 Å². The third-order valence-corrected chi connectivity index (χ3v) is 6.43. The SMILES string of the molecule is OC1(COc2cccc(Cl)c2)COCCN(Cc2ccc(OCCN3CCCCC3)cc2)C1. The number of piperidine rings is 1. The van der Waals surface area contributed by atoms with E-state index in [0.29, 0.717) is 23.9 Å². The molecule has 180 valence electrons. The van der Waals surface area contributed by atoms with Crippen molar-refractivity contribution in [3.63, 3.8) is 0 Å². The molecule has 0 saturated carbocycles. The van der Waals surface area contributed by atoms with E-state index in [0.717, 1.165) is 32.0 Å². The number of aliphatic hydroxyl groups is 1. The van der Waals surface area contributed by atoms with Gasteiger partial charge in [0.05, 0.1) is 13.2 Å². The van der Waals surface area contributed by atoms with Crippen molar-refractivity contribution in [3.8, 4) is 11.5 Å². The van der Waals surface area contributed by atoms with Crippen LogP contribution in [0.5, 0.6) is 11.5 Å². The van der Waals surface area contributed by atoms with Crippen LogP contribution in [-0.4, -0.2) is 79.7 Å². The molecule has 1 unspecified atom stereocenters. The molecule has 2 aromatic carbocycles. The van der Waals surface area contributed by atoms with E-state index in [2.05, 4.69) is 21.9 Å². The molecule has 1 N–H and O–H groups in total. The van der Waals surface area contributed by atoms with Gasteiger partial charge in [-0.05, 0) is 61.8 Å². The Bertz CT molecular complexity index is 860. The first-order chi connectivity index (χ1) is 16.1. The van der Waals surface area contributed by atoms with Crippen LogP contribution >= 0.6 is 11.6 Å². The van der Waals surface area contributed by atoms with E-state index in [9.17, 15) is 5.11 Å². The number of rotatable bonds is 9. The minimum atomic E-state index is -1.09. The van der Waals surface area contributed by atoms with Crippen molar-refractivity contribution in [2.75, 3.05) is 59.2 Å². The third-order valence-electron chi connectivity index (χ3n) is 6.20. The second-order valence-electron chi connectivity index (χ2n) is 9.13. The molecule has 0 amide bonds. The Kier molecular flexibility index (Phi) is 8.87. The number of halogens is 1. The summed E-state index contributed by atoms with van der Waals surface area (Å²) in [7, 11) is 0. The van der Waals surface area contributed by atoms with Gasteiger partial charge in [0, 0.05) is 31.2 Å². The molecule has 33 heavy (non-hydrogen) atoms. The monoisotopic (exact) mass is 474 g/mol. The van der Waals surface area contributed by atoms with E-state index in [4.69, 9.17) is 25.8 Å². The van der Waals surface area contributed by atoms with Crippen LogP contribution in [0.2, 0.25) is 5.02 Å². The van der Waals surface area contributed by atoms with Crippen LogP contribution in [0.25, 0.3) is 0 Å². The summed E-state index contributed by atoms with van der Waals surface area (Å²) >= 11 is 6.03. The highest BCUT2D eigenvalue weighted by Crippen LogP contribution is 2.21. The second kappa shape index (κ2) is 12.0. The topological polar surface area (TPSA) is 54.4 Å². The molecule has 2 fully saturated rings. The molecule has 0 aliphatic carbocycles. The van der Waals surface area contributed by atoms with Crippen molar-refractivity contribution in [3.05, 3.63) is 59.1 Å². The van der Waals surface area contributed by atoms with Crippen molar-refractivity contribution in [1.82, 2.24) is 9.80 Å². The van der Waals surface area contributed by atoms with Gasteiger partial charge in [0.1, 0.15) is 30.3 Å². The quantitative estimate of drug-likeness (QED) is 0.596. The van der Waals surface area contributed by atoms with Crippen molar-refractivity contribution in [2.24, 2.45) is 0 Å². The van der Waals surface area contributed by atoms with Gasteiger partial charge in [0.15, 0.2) is 0 Å². The van der Waals surface area contributed by atoms with Crippen LogP contribution in [0.3, 0.4) is 0 Å². The van der Waals surface area contributed by atoms with Gasteiger partial charge in [-0.3, -0.25) is 9.80 Å². The summed E-state index contributed by atoms with van der Waals surface area (Å²) in [6.07, 6.45) is 3.96. The zero-order valence-corrected chi connectivity index (χ0v) is 20.0. The molecule has 1 atom stereocenters. The molecule has 2 aliphatic heterocycles. The van der Waals surface area contributed by atoms with E-state index in [1.54, 1.807) is 12.1 Å². The Morgan fingerprint density at radius 2 is 1.76 bits per heavy atom. The Morgan fingerprint density at radius 1 is 0.939 bits per heavy atom. The maximum atomic E-state index is 11.1. The van der Waals surface area contributed by atoms with Crippen LogP contribution in [0.4, 0.5) is 0 Å². The van der Waals surface area contributed by atoms with E-state index in [-0.39, 0.29) is 13.2 Å². The molecular weight excluding hydrogens is 440 g/mol. The number of likely N-dealkylation sites (tertiary alicyclic amines) is 1. The van der Waals surface area contributed by atoms with Crippen molar-refractivity contribution in [1.29, 1.82) is 0 Å². The summed E-state index contributed by atoms with van der Waals surface area (Å²) in [4.78, 5) is 4.69. The summed E-state index contributed by atoms with van der Waals surface area (Å²) in [5.41, 5.74) is 0.0921. The van der Waals surface area contributed by atoms with Gasteiger partial charge >= 0.3 is 0 Å². The standard InChI is InChI=1S/C26H35ClN2O4/c27-23-5-4-6-25(17-23)33-21-26(30)19-29(13-15-31-20-26)18-22-7-9-24(10-8-22)32-16-14-28-11-2-1-3-12-28/h4-10,17,30H,1-3,11-16,18-21H2. The molecule has 0 aromatic heterocycles. The van der Waals surface area contributed by atoms with Gasteiger partial charge in [-0.25, -0.2) is 0 Å². The van der Waals surface area contributed by atoms with Gasteiger partial charge < -0.3 is 19.3 Å². The molecule has 2 heterocycles. The number of hydrogen-bond donors (Lipinski definition) is 1. The van der Waals surface area contributed by atoms with E-state index in [1.807, 2.05) is 24.3 Å². The molecule has 2 saturated heterocycles. The highest BCUT2D eigenvalue weighted by atomic mass is 35.5. The predicted molar refractivity (Wildman–Crippen MR) is 130 cm³/mol. The van der Waals surface area contributed by atoms with E-state index < -0.39 is 5.60 Å². The Hall–Kier alpha value is -1.83. The predicted octanol–water partition coefficient (Wildman–Crippen LogP) is 3.85. The van der Waals surface area contributed by atoms with Crippen molar-refractivity contribution >= 4 is 11.6 Å². The number of ether oxygens (including phenoxy) is 3. The lowest BCUT2D eigenvalue weighted by Gasteiger charge is -2.30. The molecule has 2 aliphatic rings. The fourth-order valence-electron chi connectivity index (χ4n) is 4.42. The number of nitrogens with zero attached hydrogens (tertiary/aromatic N) is 2. The maximum absolute atomic E-state index is 11.1. The lowest BCUT2D eigenvalue weighted by atomic mass is 10.1. The van der Waals surface area contributed by atoms with Crippen LogP contribution in [0.1, 0.15) is 24.8 Å². The Balaban J connectivity index is 1.25. The fraction of sp³-hybridized carbons (Fsp3) is 0.538. The smallest absolute Gasteiger partial charge is 0.134 e. The largest absolute Gasteiger partial charge is 0.492 e. The highest BCUT2D eigenvalue weighted by molar-refractivity contribution is 6.30. The molecule has 6 nitrogen and oxygen atoms in total. The molecule has 2 aromatic rings. The molecule has 0 bridgehead atoms. The first-order valence-corrected chi connectivity index (χ1v) is 12.3. The number of β-amino-alcohol motifs (C(OH)–C–C–N with tert-alkyl or cyclic N) is 1. The van der Waals surface area contributed by atoms with Crippen LogP contribution in [0, 0.1) is 0 Å². The molecule has 4 rings (SSSR count). The maximum Gasteiger partial charge on any atom is 0.134 e. The Morgan fingerprint density at radius 3 is 2.55 bits per heavy atom. The van der Waals surface area contributed by atoms with Crippen molar-refractivity contribution in [2.45, 2.75) is 31.4 Å². The number of hydrogen-bond acceptors (Lipinski definition) is 6. The third kappa shape index (κ3) is 7.87. The van der Waals surface area contributed by atoms with Crippen LogP contribution in [-0.2, 0) is 11.3 Å². The lowest BCUT2D eigenvalue weighted by molar-refractivity contribution is -0.0646. The van der Waals surface area contributed by atoms with Crippen molar-refractivity contribution < 1.29 is 19.3 Å². The first-order valence-electron chi connectivity index (χ1n) is 11.9. The van der Waals surface area contributed by atoms with Gasteiger partial charge in [-0.2, -0.15) is 0 Å². The second-order valence-corrected chi connectivity index (χ2v) is 9.56. The normalized spacial score (nSPS) is 22.6. The summed E-state index contributed by atoms with van der Waals surface area (Å²) in [5, 5.41) is 11.7. The molecule has 0 spiro atoms. The van der Waals surface area contributed by atoms with E-state index >= 15 is 0 Å². The minimum Gasteiger partial charge on any atom is -0.492 e.